The van der Waals surface area contributed by atoms with Gasteiger partial charge in [0.2, 0.25) is 5.91 Å². The predicted octanol–water partition coefficient (Wildman–Crippen LogP) is 4.79. The lowest BCUT2D eigenvalue weighted by Crippen LogP contribution is -2.43. The van der Waals surface area contributed by atoms with E-state index >= 15 is 0 Å². The fourth-order valence-corrected chi connectivity index (χ4v) is 5.13. The first kappa shape index (κ1) is 25.7. The first-order chi connectivity index (χ1) is 15.5. The van der Waals surface area contributed by atoms with E-state index in [1.54, 1.807) is 13.0 Å². The van der Waals surface area contributed by atoms with Crippen molar-refractivity contribution in [2.45, 2.75) is 109 Å². The van der Waals surface area contributed by atoms with Crippen LogP contribution in [-0.2, 0) is 23.8 Å². The maximum absolute atomic E-state index is 12.1. The van der Waals surface area contributed by atoms with E-state index in [0.717, 1.165) is 51.6 Å². The third kappa shape index (κ3) is 8.74. The lowest BCUT2D eigenvalue weighted by molar-refractivity contribution is -0.143. The molecule has 2 unspecified atom stereocenters. The Morgan fingerprint density at radius 2 is 1.85 bits per heavy atom. The van der Waals surface area contributed by atoms with Gasteiger partial charge in [-0.05, 0) is 71.8 Å². The van der Waals surface area contributed by atoms with E-state index in [9.17, 15) is 9.59 Å². The van der Waals surface area contributed by atoms with Crippen LogP contribution in [0.15, 0.2) is 36.0 Å². The minimum atomic E-state index is -0.396. The van der Waals surface area contributed by atoms with Crippen molar-refractivity contribution in [3.63, 3.8) is 0 Å². The molecule has 3 aliphatic rings. The van der Waals surface area contributed by atoms with Gasteiger partial charge in [-0.15, -0.1) is 0 Å². The molecule has 2 heterocycles. The molecule has 0 aromatic heterocycles. The molecule has 0 aromatic rings. The van der Waals surface area contributed by atoms with E-state index in [2.05, 4.69) is 44.3 Å². The van der Waals surface area contributed by atoms with Gasteiger partial charge in [0.25, 0.3) is 0 Å². The van der Waals surface area contributed by atoms with E-state index in [4.69, 9.17) is 14.2 Å². The first-order valence-corrected chi connectivity index (χ1v) is 12.4. The van der Waals surface area contributed by atoms with Crippen LogP contribution in [0.1, 0.15) is 79.6 Å². The number of ether oxygens (including phenoxy) is 3. The largest absolute Gasteiger partial charge is 0.459 e. The van der Waals surface area contributed by atoms with Gasteiger partial charge in [-0.2, -0.15) is 0 Å². The Hall–Kier alpha value is -1.92. The number of carbonyl (C=O) groups excluding carboxylic acids is 2. The summed E-state index contributed by atoms with van der Waals surface area (Å²) in [5, 5.41) is 3.07. The van der Waals surface area contributed by atoms with Crippen molar-refractivity contribution in [2.24, 2.45) is 5.92 Å². The third-order valence-electron chi connectivity index (χ3n) is 6.75. The van der Waals surface area contributed by atoms with E-state index < -0.39 is 6.10 Å². The van der Waals surface area contributed by atoms with Crippen molar-refractivity contribution >= 4 is 11.9 Å². The van der Waals surface area contributed by atoms with Crippen LogP contribution in [0.2, 0.25) is 0 Å². The Kier molecular flexibility index (Phi) is 8.57. The first-order valence-electron chi connectivity index (χ1n) is 12.4. The summed E-state index contributed by atoms with van der Waals surface area (Å²) in [6.07, 6.45) is 16.7. The quantitative estimate of drug-likeness (QED) is 0.244. The van der Waals surface area contributed by atoms with Crippen LogP contribution in [0.5, 0.6) is 0 Å². The highest BCUT2D eigenvalue weighted by atomic mass is 16.6. The topological polar surface area (TPSA) is 77.2 Å². The van der Waals surface area contributed by atoms with Gasteiger partial charge in [-0.1, -0.05) is 23.8 Å². The molecule has 1 spiro atoms. The summed E-state index contributed by atoms with van der Waals surface area (Å²) in [5.41, 5.74) is 1.19. The summed E-state index contributed by atoms with van der Waals surface area (Å²) < 4.78 is 17.0. The van der Waals surface area contributed by atoms with Crippen molar-refractivity contribution in [1.29, 1.82) is 0 Å². The maximum Gasteiger partial charge on any atom is 0.303 e. The minimum absolute atomic E-state index is 0.0544. The standard InChI is InChI=1S/C27H41NO5/c1-19(7-14-24-16-27(18-31-27)17-26(4,5)33-24)6-9-22-10-12-23(13-11-22)28-25(30)15-8-20(2)32-21(3)29/h6-8,14-15,20,22-24H,9-13,16-18H2,1-5H3,(H,28,30)/b14-7+,15-8-,19-6+/t20?,22?,23?,24?,27-/m1/s1. The second kappa shape index (κ2) is 11.0. The smallest absolute Gasteiger partial charge is 0.303 e. The number of amides is 1. The average Bonchev–Trinajstić information content (AvgIpc) is 3.46. The molecule has 1 saturated carbocycles. The second-order valence-corrected chi connectivity index (χ2v) is 10.7. The number of nitrogens with one attached hydrogen (secondary N) is 1. The molecule has 184 valence electrons. The zero-order valence-electron chi connectivity index (χ0n) is 20.9. The second-order valence-electron chi connectivity index (χ2n) is 10.7. The summed E-state index contributed by atoms with van der Waals surface area (Å²) in [6.45, 7) is 10.4. The molecule has 2 aliphatic heterocycles. The van der Waals surface area contributed by atoms with Crippen molar-refractivity contribution < 1.29 is 23.8 Å². The van der Waals surface area contributed by atoms with Crippen LogP contribution in [0.4, 0.5) is 0 Å². The summed E-state index contributed by atoms with van der Waals surface area (Å²) in [5.74, 6) is 0.192. The maximum atomic E-state index is 12.1. The van der Waals surface area contributed by atoms with E-state index in [1.165, 1.54) is 18.6 Å². The van der Waals surface area contributed by atoms with E-state index in [-0.39, 0.29) is 35.2 Å². The molecule has 2 saturated heterocycles. The highest BCUT2D eigenvalue weighted by Gasteiger charge is 2.53. The normalized spacial score (nSPS) is 32.8. The van der Waals surface area contributed by atoms with Gasteiger partial charge in [-0.3, -0.25) is 9.59 Å². The number of hydrogen-bond donors (Lipinski definition) is 1. The number of allylic oxidation sites excluding steroid dienone is 3. The molecule has 0 radical (unpaired) electrons. The van der Waals surface area contributed by atoms with Crippen LogP contribution in [0.25, 0.3) is 0 Å². The Balaban J connectivity index is 1.36. The molecule has 1 aliphatic carbocycles. The van der Waals surface area contributed by atoms with E-state index in [1.807, 2.05) is 0 Å². The molecule has 3 rings (SSSR count). The fourth-order valence-electron chi connectivity index (χ4n) is 5.13. The molecule has 3 fully saturated rings. The van der Waals surface area contributed by atoms with Crippen molar-refractivity contribution in [3.05, 3.63) is 36.0 Å². The van der Waals surface area contributed by atoms with Crippen LogP contribution >= 0.6 is 0 Å². The number of hydrogen-bond acceptors (Lipinski definition) is 5. The van der Waals surface area contributed by atoms with Gasteiger partial charge >= 0.3 is 5.97 Å². The van der Waals surface area contributed by atoms with Gasteiger partial charge in [0, 0.05) is 31.9 Å². The van der Waals surface area contributed by atoms with Crippen LogP contribution in [0, 0.1) is 5.92 Å². The SMILES string of the molecule is CC(=O)OC(C)/C=C\C(=O)NC1CCC(C/C=C(C)/C=C/C2C[C@]3(CO3)CC(C)(C)O2)CC1. The number of carbonyl (C=O) groups is 2. The Morgan fingerprint density at radius 1 is 1.15 bits per heavy atom. The highest BCUT2D eigenvalue weighted by molar-refractivity contribution is 5.87. The summed E-state index contributed by atoms with van der Waals surface area (Å²) in [4.78, 5) is 23.0. The summed E-state index contributed by atoms with van der Waals surface area (Å²) in [7, 11) is 0. The third-order valence-corrected chi connectivity index (χ3v) is 6.75. The zero-order valence-corrected chi connectivity index (χ0v) is 20.9. The number of rotatable bonds is 8. The molecule has 0 aromatic carbocycles. The van der Waals surface area contributed by atoms with Crippen molar-refractivity contribution in [2.75, 3.05) is 6.61 Å². The van der Waals surface area contributed by atoms with Gasteiger partial charge in [0.15, 0.2) is 0 Å². The molecule has 3 atom stereocenters. The minimum Gasteiger partial charge on any atom is -0.459 e. The zero-order chi connectivity index (χ0) is 24.1. The molecule has 1 amide bonds. The molecular weight excluding hydrogens is 418 g/mol. The molecule has 6 nitrogen and oxygen atoms in total. The van der Waals surface area contributed by atoms with Crippen molar-refractivity contribution in [1.82, 2.24) is 5.32 Å². The van der Waals surface area contributed by atoms with Gasteiger partial charge in [0.1, 0.15) is 6.10 Å². The van der Waals surface area contributed by atoms with E-state index in [0.29, 0.717) is 5.92 Å². The Bertz CT molecular complexity index is 778. The highest BCUT2D eigenvalue weighted by Crippen LogP contribution is 2.46. The lowest BCUT2D eigenvalue weighted by Gasteiger charge is -2.38. The Labute approximate surface area is 198 Å². The van der Waals surface area contributed by atoms with Gasteiger partial charge in [0.05, 0.1) is 23.9 Å². The Morgan fingerprint density at radius 3 is 2.48 bits per heavy atom. The lowest BCUT2D eigenvalue weighted by atomic mass is 9.83. The van der Waals surface area contributed by atoms with Crippen molar-refractivity contribution in [3.8, 4) is 0 Å². The van der Waals surface area contributed by atoms with Crippen LogP contribution < -0.4 is 5.32 Å². The summed E-state index contributed by atoms with van der Waals surface area (Å²) >= 11 is 0. The number of esters is 1. The summed E-state index contributed by atoms with van der Waals surface area (Å²) in [6, 6.07) is 0.219. The molecular formula is C27H41NO5. The molecule has 33 heavy (non-hydrogen) atoms. The van der Waals surface area contributed by atoms with Gasteiger partial charge < -0.3 is 19.5 Å². The van der Waals surface area contributed by atoms with Gasteiger partial charge in [-0.25, -0.2) is 0 Å². The molecule has 0 bridgehead atoms. The fraction of sp³-hybridized carbons (Fsp3) is 0.704. The molecule has 1 N–H and O–H groups in total. The molecule has 6 heteroatoms. The predicted molar refractivity (Wildman–Crippen MR) is 129 cm³/mol. The monoisotopic (exact) mass is 459 g/mol. The van der Waals surface area contributed by atoms with Crippen LogP contribution in [-0.4, -0.2) is 47.9 Å². The number of epoxide rings is 1. The average molecular weight is 460 g/mol. The van der Waals surface area contributed by atoms with Crippen LogP contribution in [0.3, 0.4) is 0 Å².